The Morgan fingerprint density at radius 2 is 1.82 bits per heavy atom. The van der Waals surface area contributed by atoms with Crippen LogP contribution in [0.15, 0.2) is 30.5 Å². The monoisotopic (exact) mass is 469 g/mol. The molecule has 2 saturated heterocycles. The number of piperazine rings is 1. The van der Waals surface area contributed by atoms with E-state index in [1.807, 2.05) is 4.90 Å². The van der Waals surface area contributed by atoms with Gasteiger partial charge in [0.05, 0.1) is 5.56 Å². The van der Waals surface area contributed by atoms with Crippen molar-refractivity contribution in [2.24, 2.45) is 0 Å². The average molecular weight is 469 g/mol. The van der Waals surface area contributed by atoms with Gasteiger partial charge in [-0.25, -0.2) is 14.0 Å². The van der Waals surface area contributed by atoms with Crippen LogP contribution in [0.4, 0.5) is 28.0 Å². The molecule has 3 heterocycles. The summed E-state index contributed by atoms with van der Waals surface area (Å²) in [5.41, 5.74) is 0.0736. The summed E-state index contributed by atoms with van der Waals surface area (Å²) < 4.78 is 54.5. The van der Waals surface area contributed by atoms with Gasteiger partial charge in [0, 0.05) is 57.7 Å². The molecule has 178 valence electrons. The fourth-order valence-corrected chi connectivity index (χ4v) is 4.13. The number of hydrogen-bond donors (Lipinski definition) is 1. The van der Waals surface area contributed by atoms with Crippen molar-refractivity contribution in [3.8, 4) is 0 Å². The van der Waals surface area contributed by atoms with E-state index in [2.05, 4.69) is 5.10 Å². The van der Waals surface area contributed by atoms with Gasteiger partial charge in [0.2, 0.25) is 0 Å². The van der Waals surface area contributed by atoms with E-state index < -0.39 is 29.9 Å². The Labute approximate surface area is 187 Å². The molecule has 2 aliphatic heterocycles. The smallest absolute Gasteiger partial charge is 0.416 e. The third-order valence-electron chi connectivity index (χ3n) is 5.92. The first-order valence-corrected chi connectivity index (χ1v) is 10.5. The summed E-state index contributed by atoms with van der Waals surface area (Å²) in [7, 11) is 0. The lowest BCUT2D eigenvalue weighted by molar-refractivity contribution is -0.137. The molecular formula is C21H23F4N5O3. The Hall–Kier alpha value is -3.15. The number of carboxylic acids is 1. The zero-order valence-electron chi connectivity index (χ0n) is 17.6. The number of rotatable bonds is 4. The summed E-state index contributed by atoms with van der Waals surface area (Å²) >= 11 is 0. The van der Waals surface area contributed by atoms with Gasteiger partial charge in [0.25, 0.3) is 0 Å². The van der Waals surface area contributed by atoms with E-state index in [9.17, 15) is 27.2 Å². The van der Waals surface area contributed by atoms with Crippen molar-refractivity contribution in [3.05, 3.63) is 47.3 Å². The SMILES string of the molecule is O=C(O)c1ccn(C(=O)N2CCN(Cc3ccc(C(F)(F)F)cc3N3CC[C@@H](F)C3)CC2)n1. The lowest BCUT2D eigenvalue weighted by atomic mass is 10.1. The van der Waals surface area contributed by atoms with Gasteiger partial charge in [0.1, 0.15) is 6.17 Å². The minimum Gasteiger partial charge on any atom is -0.476 e. The van der Waals surface area contributed by atoms with Gasteiger partial charge in [-0.2, -0.15) is 23.0 Å². The van der Waals surface area contributed by atoms with Crippen molar-refractivity contribution in [1.82, 2.24) is 19.6 Å². The highest BCUT2D eigenvalue weighted by Gasteiger charge is 2.33. The van der Waals surface area contributed by atoms with Crippen molar-refractivity contribution < 1.29 is 32.3 Å². The van der Waals surface area contributed by atoms with E-state index in [4.69, 9.17) is 5.11 Å². The number of aromatic nitrogens is 2. The van der Waals surface area contributed by atoms with Gasteiger partial charge in [-0.3, -0.25) is 4.90 Å². The fourth-order valence-electron chi connectivity index (χ4n) is 4.13. The fraction of sp³-hybridized carbons (Fsp3) is 0.476. The first-order valence-electron chi connectivity index (χ1n) is 10.5. The number of aromatic carboxylic acids is 1. The third kappa shape index (κ3) is 5.10. The normalized spacial score (nSPS) is 19.8. The largest absolute Gasteiger partial charge is 0.476 e. The third-order valence-corrected chi connectivity index (χ3v) is 5.92. The zero-order valence-corrected chi connectivity index (χ0v) is 17.6. The molecule has 0 spiro atoms. The Morgan fingerprint density at radius 3 is 2.39 bits per heavy atom. The lowest BCUT2D eigenvalue weighted by Crippen LogP contribution is -2.49. The van der Waals surface area contributed by atoms with Crippen LogP contribution in [0, 0.1) is 0 Å². The molecule has 1 atom stereocenters. The highest BCUT2D eigenvalue weighted by atomic mass is 19.4. The van der Waals surface area contributed by atoms with Crippen LogP contribution in [-0.4, -0.2) is 82.1 Å². The minimum absolute atomic E-state index is 0.0682. The number of anilines is 1. The van der Waals surface area contributed by atoms with Crippen LogP contribution < -0.4 is 4.90 Å². The molecule has 4 rings (SSSR count). The second-order valence-corrected chi connectivity index (χ2v) is 8.17. The van der Waals surface area contributed by atoms with E-state index in [-0.39, 0.29) is 18.7 Å². The van der Waals surface area contributed by atoms with Gasteiger partial charge in [-0.05, 0) is 30.2 Å². The summed E-state index contributed by atoms with van der Waals surface area (Å²) in [6.07, 6.45) is -3.97. The van der Waals surface area contributed by atoms with Crippen molar-refractivity contribution >= 4 is 17.7 Å². The zero-order chi connectivity index (χ0) is 23.8. The van der Waals surface area contributed by atoms with Crippen LogP contribution >= 0.6 is 0 Å². The Bertz CT molecular complexity index is 1030. The number of nitrogens with zero attached hydrogens (tertiary/aromatic N) is 5. The first-order chi connectivity index (χ1) is 15.6. The van der Waals surface area contributed by atoms with Crippen molar-refractivity contribution in [2.45, 2.75) is 25.3 Å². The summed E-state index contributed by atoms with van der Waals surface area (Å²) in [6.45, 7) is 2.46. The molecule has 1 aromatic carbocycles. The molecule has 33 heavy (non-hydrogen) atoms. The number of carboxylic acid groups (broad SMARTS) is 1. The van der Waals surface area contributed by atoms with E-state index in [1.54, 1.807) is 4.90 Å². The lowest BCUT2D eigenvalue weighted by Gasteiger charge is -2.35. The predicted molar refractivity (Wildman–Crippen MR) is 110 cm³/mol. The Balaban J connectivity index is 1.43. The van der Waals surface area contributed by atoms with E-state index in [0.717, 1.165) is 16.8 Å². The van der Waals surface area contributed by atoms with Gasteiger partial charge in [-0.1, -0.05) is 6.07 Å². The molecule has 1 amide bonds. The molecule has 1 N–H and O–H groups in total. The molecule has 0 aliphatic carbocycles. The standard InChI is InChI=1S/C21H23F4N5O3/c22-16-3-5-29(13-16)18-11-15(21(23,24)25)2-1-14(18)12-27-7-9-28(10-8-27)20(33)30-6-4-17(26-30)19(31)32/h1-2,4,6,11,16H,3,5,7-10,12-13H2,(H,31,32)/t16-/m1/s1. The molecular weight excluding hydrogens is 446 g/mol. The van der Waals surface area contributed by atoms with E-state index >= 15 is 0 Å². The second kappa shape index (κ2) is 9.00. The quantitative estimate of drug-likeness (QED) is 0.694. The number of hydrogen-bond acceptors (Lipinski definition) is 5. The molecule has 1 aromatic heterocycles. The maximum atomic E-state index is 13.7. The highest BCUT2D eigenvalue weighted by Crippen LogP contribution is 2.35. The van der Waals surface area contributed by atoms with Crippen LogP contribution in [0.2, 0.25) is 0 Å². The molecule has 2 aromatic rings. The maximum absolute atomic E-state index is 13.7. The first kappa shape index (κ1) is 23.0. The number of amides is 1. The van der Waals surface area contributed by atoms with Gasteiger partial charge in [-0.15, -0.1) is 0 Å². The van der Waals surface area contributed by atoms with Crippen LogP contribution in [0.25, 0.3) is 0 Å². The minimum atomic E-state index is -4.49. The number of halogens is 4. The number of benzene rings is 1. The molecule has 2 aliphatic rings. The molecule has 0 bridgehead atoms. The molecule has 8 nitrogen and oxygen atoms in total. The van der Waals surface area contributed by atoms with Gasteiger partial charge >= 0.3 is 18.2 Å². The summed E-state index contributed by atoms with van der Waals surface area (Å²) in [6, 6.07) is 4.37. The van der Waals surface area contributed by atoms with Crippen molar-refractivity contribution in [1.29, 1.82) is 0 Å². The Kier molecular flexibility index (Phi) is 6.28. The van der Waals surface area contributed by atoms with Crippen LogP contribution in [-0.2, 0) is 12.7 Å². The maximum Gasteiger partial charge on any atom is 0.416 e. The highest BCUT2D eigenvalue weighted by molar-refractivity contribution is 5.86. The molecule has 12 heteroatoms. The van der Waals surface area contributed by atoms with Crippen LogP contribution in [0.3, 0.4) is 0 Å². The summed E-state index contributed by atoms with van der Waals surface area (Å²) in [5.74, 6) is -1.23. The van der Waals surface area contributed by atoms with Gasteiger partial charge in [0.15, 0.2) is 5.69 Å². The van der Waals surface area contributed by atoms with E-state index in [0.29, 0.717) is 50.5 Å². The van der Waals surface area contributed by atoms with Crippen LogP contribution in [0.1, 0.15) is 28.0 Å². The number of alkyl halides is 4. The predicted octanol–water partition coefficient (Wildman–Crippen LogP) is 2.93. The number of carbonyl (C=O) groups excluding carboxylic acids is 1. The molecule has 2 fully saturated rings. The number of carbonyl (C=O) groups is 2. The summed E-state index contributed by atoms with van der Waals surface area (Å²) in [5, 5.41) is 12.7. The van der Waals surface area contributed by atoms with Crippen LogP contribution in [0.5, 0.6) is 0 Å². The Morgan fingerprint density at radius 1 is 1.09 bits per heavy atom. The van der Waals surface area contributed by atoms with E-state index in [1.165, 1.54) is 23.2 Å². The van der Waals surface area contributed by atoms with Gasteiger partial charge < -0.3 is 14.9 Å². The molecule has 0 saturated carbocycles. The average Bonchev–Trinajstić information content (AvgIpc) is 3.43. The molecule has 0 unspecified atom stereocenters. The van der Waals surface area contributed by atoms with Crippen molar-refractivity contribution in [3.63, 3.8) is 0 Å². The summed E-state index contributed by atoms with van der Waals surface area (Å²) in [4.78, 5) is 28.7. The van der Waals surface area contributed by atoms with Crippen molar-refractivity contribution in [2.75, 3.05) is 44.2 Å². The molecule has 0 radical (unpaired) electrons. The second-order valence-electron chi connectivity index (χ2n) is 8.17. The topological polar surface area (TPSA) is 81.9 Å².